The second-order valence-electron chi connectivity index (χ2n) is 8.22. The molecule has 2 aromatic rings. The molecular weight excluding hydrogens is 310 g/mol. The van der Waals surface area contributed by atoms with Crippen LogP contribution in [0.1, 0.15) is 35.2 Å². The quantitative estimate of drug-likeness (QED) is 0.913. The predicted molar refractivity (Wildman–Crippen MR) is 102 cm³/mol. The molecular formula is C21H29N3O. The van der Waals surface area contributed by atoms with Gasteiger partial charge >= 0.3 is 0 Å². The van der Waals surface area contributed by atoms with Crippen LogP contribution < -0.4 is 0 Å². The molecule has 3 aliphatic rings. The Labute approximate surface area is 150 Å². The molecule has 1 N–H and O–H groups in total. The van der Waals surface area contributed by atoms with Crippen molar-refractivity contribution in [2.45, 2.75) is 46.1 Å². The molecule has 134 valence electrons. The number of H-pyrrole nitrogens is 1. The Kier molecular flexibility index (Phi) is 4.11. The summed E-state index contributed by atoms with van der Waals surface area (Å²) in [5, 5.41) is 1.25. The van der Waals surface area contributed by atoms with Gasteiger partial charge in [-0.2, -0.15) is 0 Å². The van der Waals surface area contributed by atoms with Crippen molar-refractivity contribution in [3.8, 4) is 0 Å². The fraction of sp³-hybridized carbons (Fsp3) is 0.571. The molecule has 3 saturated heterocycles. The fourth-order valence-corrected chi connectivity index (χ4v) is 4.91. The maximum absolute atomic E-state index is 13.2. The van der Waals surface area contributed by atoms with Crippen LogP contribution in [0.4, 0.5) is 0 Å². The maximum atomic E-state index is 13.2. The number of likely N-dealkylation sites (N-methyl/N-ethyl adjacent to an activating group) is 1. The third-order valence-electron chi connectivity index (χ3n) is 6.23. The van der Waals surface area contributed by atoms with Crippen LogP contribution in [0.2, 0.25) is 0 Å². The number of piperidine rings is 1. The summed E-state index contributed by atoms with van der Waals surface area (Å²) in [6.45, 7) is 9.47. The molecule has 2 bridgehead atoms. The number of nitrogens with zero attached hydrogens (tertiary/aromatic N) is 2. The number of aryl methyl sites for hydroxylation is 3. The Morgan fingerprint density at radius 3 is 2.68 bits per heavy atom. The molecule has 3 fully saturated rings. The Morgan fingerprint density at radius 2 is 1.88 bits per heavy atom. The van der Waals surface area contributed by atoms with Crippen LogP contribution in [0.5, 0.6) is 0 Å². The monoisotopic (exact) mass is 339 g/mol. The highest BCUT2D eigenvalue weighted by Gasteiger charge is 2.36. The van der Waals surface area contributed by atoms with Gasteiger partial charge < -0.3 is 14.8 Å². The lowest BCUT2D eigenvalue weighted by Crippen LogP contribution is -2.47. The molecule has 3 aliphatic heterocycles. The third-order valence-corrected chi connectivity index (χ3v) is 6.23. The number of fused-ring (bicyclic) bond motifs is 5. The second kappa shape index (κ2) is 6.17. The van der Waals surface area contributed by atoms with Gasteiger partial charge in [-0.1, -0.05) is 12.1 Å². The number of benzene rings is 1. The molecule has 4 heterocycles. The van der Waals surface area contributed by atoms with Crippen molar-refractivity contribution in [1.82, 2.24) is 14.8 Å². The number of nitrogens with one attached hydrogen (secondary N) is 1. The summed E-state index contributed by atoms with van der Waals surface area (Å²) in [6, 6.07) is 4.72. The van der Waals surface area contributed by atoms with Crippen LogP contribution in [0, 0.1) is 26.7 Å². The van der Waals surface area contributed by atoms with E-state index in [1.807, 2.05) is 0 Å². The van der Waals surface area contributed by atoms with Gasteiger partial charge in [-0.15, -0.1) is 0 Å². The van der Waals surface area contributed by atoms with Gasteiger partial charge in [0.15, 0.2) is 0 Å². The molecule has 0 saturated carbocycles. The highest BCUT2D eigenvalue weighted by atomic mass is 16.2. The molecule has 25 heavy (non-hydrogen) atoms. The summed E-state index contributed by atoms with van der Waals surface area (Å²) in [7, 11) is 2.19. The van der Waals surface area contributed by atoms with Crippen LogP contribution in [0.15, 0.2) is 12.1 Å². The van der Waals surface area contributed by atoms with Gasteiger partial charge in [-0.3, -0.25) is 4.79 Å². The first-order chi connectivity index (χ1) is 11.9. The Morgan fingerprint density at radius 1 is 1.12 bits per heavy atom. The van der Waals surface area contributed by atoms with Crippen LogP contribution in [0.25, 0.3) is 10.9 Å². The second-order valence-corrected chi connectivity index (χ2v) is 8.22. The summed E-state index contributed by atoms with van der Waals surface area (Å²) >= 11 is 0. The Balaban J connectivity index is 1.65. The van der Waals surface area contributed by atoms with E-state index in [-0.39, 0.29) is 0 Å². The van der Waals surface area contributed by atoms with Crippen LogP contribution >= 0.6 is 0 Å². The fourth-order valence-electron chi connectivity index (χ4n) is 4.91. The Bertz CT molecular complexity index is 822. The third kappa shape index (κ3) is 2.86. The zero-order valence-electron chi connectivity index (χ0n) is 15.9. The number of hydrogen-bond donors (Lipinski definition) is 1. The number of rotatable bonds is 2. The van der Waals surface area contributed by atoms with Crippen molar-refractivity contribution in [2.75, 3.05) is 26.7 Å². The topological polar surface area (TPSA) is 39.3 Å². The number of carbonyl (C=O) groups excluding carboxylic acids is 1. The van der Waals surface area contributed by atoms with Gasteiger partial charge in [0.05, 0.1) is 6.42 Å². The van der Waals surface area contributed by atoms with Gasteiger partial charge in [0, 0.05) is 42.3 Å². The average molecular weight is 339 g/mol. The maximum Gasteiger partial charge on any atom is 0.227 e. The molecule has 5 rings (SSSR count). The number of hydrogen-bond acceptors (Lipinski definition) is 2. The summed E-state index contributed by atoms with van der Waals surface area (Å²) < 4.78 is 0. The van der Waals surface area contributed by atoms with Crippen molar-refractivity contribution >= 4 is 16.8 Å². The molecule has 4 nitrogen and oxygen atoms in total. The molecule has 0 aliphatic carbocycles. The van der Waals surface area contributed by atoms with Gasteiger partial charge in [0.25, 0.3) is 0 Å². The van der Waals surface area contributed by atoms with E-state index in [9.17, 15) is 4.79 Å². The summed E-state index contributed by atoms with van der Waals surface area (Å²) in [5.74, 6) is 0.940. The van der Waals surface area contributed by atoms with Gasteiger partial charge in [0.1, 0.15) is 0 Å². The van der Waals surface area contributed by atoms with E-state index in [1.54, 1.807) is 0 Å². The van der Waals surface area contributed by atoms with E-state index in [4.69, 9.17) is 0 Å². The molecule has 1 aromatic heterocycles. The molecule has 1 aromatic carbocycles. The minimum Gasteiger partial charge on any atom is -0.358 e. The number of aromatic amines is 1. The molecule has 0 unspecified atom stereocenters. The van der Waals surface area contributed by atoms with E-state index < -0.39 is 0 Å². The SMILES string of the molecule is Cc1[nH]c2c(C)ccc(C)c2c1CC(=O)N1C[C@H]2CC[C@@H]1CN(C)C2. The Hall–Kier alpha value is -1.81. The van der Waals surface area contributed by atoms with Crippen molar-refractivity contribution in [1.29, 1.82) is 0 Å². The van der Waals surface area contributed by atoms with Crippen LogP contribution in [0.3, 0.4) is 0 Å². The molecule has 2 atom stereocenters. The highest BCUT2D eigenvalue weighted by Crippen LogP contribution is 2.31. The number of amides is 1. The largest absolute Gasteiger partial charge is 0.358 e. The van der Waals surface area contributed by atoms with Crippen molar-refractivity contribution in [2.24, 2.45) is 5.92 Å². The minimum atomic E-state index is 0.301. The van der Waals surface area contributed by atoms with Crippen LogP contribution in [-0.2, 0) is 11.2 Å². The van der Waals surface area contributed by atoms with E-state index >= 15 is 0 Å². The number of aromatic nitrogens is 1. The highest BCUT2D eigenvalue weighted by molar-refractivity contribution is 5.94. The normalized spacial score (nSPS) is 24.1. The first-order valence-electron chi connectivity index (χ1n) is 9.49. The lowest BCUT2D eigenvalue weighted by Gasteiger charge is -2.36. The smallest absolute Gasteiger partial charge is 0.227 e. The molecule has 0 radical (unpaired) electrons. The molecule has 1 amide bonds. The van der Waals surface area contributed by atoms with Crippen molar-refractivity contribution in [3.05, 3.63) is 34.5 Å². The minimum absolute atomic E-state index is 0.301. The lowest BCUT2D eigenvalue weighted by atomic mass is 9.94. The van der Waals surface area contributed by atoms with Gasteiger partial charge in [0.2, 0.25) is 5.91 Å². The summed E-state index contributed by atoms with van der Waals surface area (Å²) in [5.41, 5.74) is 6.02. The summed E-state index contributed by atoms with van der Waals surface area (Å²) in [6.07, 6.45) is 2.94. The van der Waals surface area contributed by atoms with Crippen LogP contribution in [-0.4, -0.2) is 53.4 Å². The van der Waals surface area contributed by atoms with Crippen molar-refractivity contribution < 1.29 is 4.79 Å². The first-order valence-corrected chi connectivity index (χ1v) is 9.49. The average Bonchev–Trinajstić information content (AvgIpc) is 2.70. The van der Waals surface area contributed by atoms with Crippen molar-refractivity contribution in [3.63, 3.8) is 0 Å². The van der Waals surface area contributed by atoms with Gasteiger partial charge in [-0.05, 0) is 63.3 Å². The summed E-state index contributed by atoms with van der Waals surface area (Å²) in [4.78, 5) is 21.3. The standard InChI is InChI=1S/C21H29N3O/c1-13-5-6-14(2)21-20(13)18(15(3)22-21)9-19(25)24-11-16-7-8-17(24)12-23(4)10-16/h5-6,16-17,22H,7-12H2,1-4H3/t16-,17+/m0/s1. The zero-order chi connectivity index (χ0) is 17.7. The van der Waals surface area contributed by atoms with E-state index in [2.05, 4.69) is 54.7 Å². The van der Waals surface area contributed by atoms with E-state index in [0.29, 0.717) is 24.3 Å². The first kappa shape index (κ1) is 16.6. The van der Waals surface area contributed by atoms with E-state index in [1.165, 1.54) is 34.0 Å². The van der Waals surface area contributed by atoms with Gasteiger partial charge in [-0.25, -0.2) is 0 Å². The predicted octanol–water partition coefficient (Wildman–Crippen LogP) is 3.19. The number of carbonyl (C=O) groups is 1. The molecule has 0 spiro atoms. The zero-order valence-corrected chi connectivity index (χ0v) is 15.9. The molecule has 4 heteroatoms. The lowest BCUT2D eigenvalue weighted by molar-refractivity contribution is -0.134. The van der Waals surface area contributed by atoms with E-state index in [0.717, 1.165) is 31.7 Å².